The van der Waals surface area contributed by atoms with Crippen molar-refractivity contribution >= 4 is 5.70 Å². The van der Waals surface area contributed by atoms with E-state index in [0.29, 0.717) is 11.0 Å². The molecule has 0 radical (unpaired) electrons. The Kier molecular flexibility index (Phi) is 1.68. The number of hydrogen-bond donors (Lipinski definition) is 0. The Morgan fingerprint density at radius 2 is 1.94 bits per heavy atom. The van der Waals surface area contributed by atoms with E-state index < -0.39 is 0 Å². The zero-order valence-corrected chi connectivity index (χ0v) is 11.3. The summed E-state index contributed by atoms with van der Waals surface area (Å²) in [5.74, 6) is 0. The topological polar surface area (TPSA) is 3.24 Å². The molecule has 2 atom stereocenters. The first kappa shape index (κ1) is 10.4. The minimum absolute atomic E-state index is 0.322. The van der Waals surface area contributed by atoms with E-state index in [-0.39, 0.29) is 0 Å². The van der Waals surface area contributed by atoms with Gasteiger partial charge >= 0.3 is 0 Å². The number of hydrogen-bond acceptors (Lipinski definition) is 1. The molecule has 1 heteroatoms. The third-order valence-corrected chi connectivity index (χ3v) is 5.43. The number of rotatable bonds is 0. The average molecular weight is 237 g/mol. The fourth-order valence-electron chi connectivity index (χ4n) is 4.12. The van der Waals surface area contributed by atoms with Crippen LogP contribution in [0.2, 0.25) is 0 Å². The van der Waals surface area contributed by atoms with Gasteiger partial charge < -0.3 is 4.90 Å². The molecule has 0 bridgehead atoms. The fourth-order valence-corrected chi connectivity index (χ4v) is 4.12. The minimum atomic E-state index is 0.322. The Morgan fingerprint density at radius 3 is 2.78 bits per heavy atom. The maximum Gasteiger partial charge on any atom is 0.0482 e. The number of allylic oxidation sites excluding steroid dienone is 2. The van der Waals surface area contributed by atoms with Gasteiger partial charge in [0.2, 0.25) is 0 Å². The molecule has 1 saturated carbocycles. The van der Waals surface area contributed by atoms with Crippen LogP contribution in [-0.2, 0) is 5.41 Å². The van der Waals surface area contributed by atoms with Crippen LogP contribution in [0.25, 0.3) is 5.70 Å². The van der Waals surface area contributed by atoms with Crippen LogP contribution in [0.3, 0.4) is 0 Å². The number of fused-ring (bicyclic) bond motifs is 6. The Balaban J connectivity index is 2.06. The van der Waals surface area contributed by atoms with E-state index in [0.717, 1.165) is 6.54 Å². The molecule has 0 aromatic heterocycles. The summed E-state index contributed by atoms with van der Waals surface area (Å²) in [5.41, 5.74) is 6.54. The second kappa shape index (κ2) is 2.90. The summed E-state index contributed by atoms with van der Waals surface area (Å²) in [5, 5.41) is 0. The van der Waals surface area contributed by atoms with Crippen molar-refractivity contribution in [1.82, 2.24) is 4.90 Å². The van der Waals surface area contributed by atoms with Gasteiger partial charge in [-0.25, -0.2) is 0 Å². The van der Waals surface area contributed by atoms with E-state index in [9.17, 15) is 0 Å². The summed E-state index contributed by atoms with van der Waals surface area (Å²) in [7, 11) is 0. The van der Waals surface area contributed by atoms with E-state index in [1.54, 1.807) is 5.56 Å². The largest absolute Gasteiger partial charge is 0.361 e. The van der Waals surface area contributed by atoms with Crippen molar-refractivity contribution in [1.29, 1.82) is 0 Å². The molecule has 3 aliphatic rings. The van der Waals surface area contributed by atoms with Crippen molar-refractivity contribution in [2.45, 2.75) is 38.1 Å². The van der Waals surface area contributed by atoms with Crippen molar-refractivity contribution < 1.29 is 0 Å². The van der Waals surface area contributed by atoms with E-state index in [2.05, 4.69) is 62.1 Å². The number of nitrogens with zero attached hydrogens (tertiary/aromatic N) is 1. The highest BCUT2D eigenvalue weighted by Gasteiger charge is 2.68. The van der Waals surface area contributed by atoms with Crippen LogP contribution < -0.4 is 0 Å². The molecule has 2 heterocycles. The molecule has 0 amide bonds. The molecule has 4 rings (SSSR count). The van der Waals surface area contributed by atoms with Crippen LogP contribution in [-0.4, -0.2) is 17.0 Å². The molecule has 18 heavy (non-hydrogen) atoms. The fraction of sp³-hybridized carbons (Fsp3) is 0.412. The Bertz CT molecular complexity index is 610. The maximum absolute atomic E-state index is 2.63. The van der Waals surface area contributed by atoms with Crippen molar-refractivity contribution in [2.75, 3.05) is 6.54 Å². The molecule has 1 nitrogen and oxygen atoms in total. The molecular formula is C17H19N. The van der Waals surface area contributed by atoms with Crippen molar-refractivity contribution in [3.63, 3.8) is 0 Å². The van der Waals surface area contributed by atoms with Gasteiger partial charge in [0.05, 0.1) is 0 Å². The SMILES string of the molecule is CC1=C2c3ccccc3C3(C)CC3(C)N2CC=C1. The van der Waals surface area contributed by atoms with Gasteiger partial charge in [0.1, 0.15) is 0 Å². The van der Waals surface area contributed by atoms with Gasteiger partial charge in [-0.2, -0.15) is 0 Å². The summed E-state index contributed by atoms with van der Waals surface area (Å²) >= 11 is 0. The molecule has 2 unspecified atom stereocenters. The van der Waals surface area contributed by atoms with Gasteiger partial charge in [0.15, 0.2) is 0 Å². The van der Waals surface area contributed by atoms with Crippen molar-refractivity contribution in [3.05, 3.63) is 53.1 Å². The lowest BCUT2D eigenvalue weighted by atomic mass is 9.81. The van der Waals surface area contributed by atoms with Crippen LogP contribution in [0.15, 0.2) is 42.0 Å². The molecule has 1 fully saturated rings. The molecular weight excluding hydrogens is 218 g/mol. The van der Waals surface area contributed by atoms with E-state index in [1.807, 2.05) is 0 Å². The standard InChI is InChI=1S/C17H19N/c1-12-7-6-10-18-15(12)13-8-4-5-9-14(13)16(2)11-17(16,18)3/h4-9H,10-11H2,1-3H3. The monoisotopic (exact) mass is 237 g/mol. The zero-order valence-electron chi connectivity index (χ0n) is 11.3. The Labute approximate surface area is 109 Å². The molecule has 0 N–H and O–H groups in total. The second-order valence-corrected chi connectivity index (χ2v) is 6.37. The van der Waals surface area contributed by atoms with Gasteiger partial charge in [0, 0.05) is 28.8 Å². The predicted octanol–water partition coefficient (Wildman–Crippen LogP) is 3.72. The molecule has 92 valence electrons. The highest BCUT2D eigenvalue weighted by atomic mass is 15.3. The second-order valence-electron chi connectivity index (χ2n) is 6.37. The summed E-state index contributed by atoms with van der Waals surface area (Å²) in [4.78, 5) is 2.63. The zero-order chi connectivity index (χ0) is 12.5. The van der Waals surface area contributed by atoms with Gasteiger partial charge in [0.25, 0.3) is 0 Å². The summed E-state index contributed by atoms with van der Waals surface area (Å²) in [6.07, 6.45) is 5.86. The third-order valence-electron chi connectivity index (χ3n) is 5.43. The van der Waals surface area contributed by atoms with Crippen LogP contribution in [0.1, 0.15) is 38.3 Å². The van der Waals surface area contributed by atoms with Gasteiger partial charge in [-0.1, -0.05) is 43.3 Å². The molecule has 0 saturated heterocycles. The van der Waals surface area contributed by atoms with Crippen molar-refractivity contribution in [2.24, 2.45) is 0 Å². The van der Waals surface area contributed by atoms with Gasteiger partial charge in [-0.3, -0.25) is 0 Å². The van der Waals surface area contributed by atoms with E-state index in [1.165, 1.54) is 23.3 Å². The van der Waals surface area contributed by atoms with Crippen LogP contribution in [0.5, 0.6) is 0 Å². The molecule has 0 spiro atoms. The predicted molar refractivity (Wildman–Crippen MR) is 75.3 cm³/mol. The van der Waals surface area contributed by atoms with Crippen LogP contribution in [0, 0.1) is 0 Å². The highest BCUT2D eigenvalue weighted by Crippen LogP contribution is 2.66. The Hall–Kier alpha value is -1.50. The van der Waals surface area contributed by atoms with Gasteiger partial charge in [-0.15, -0.1) is 0 Å². The van der Waals surface area contributed by atoms with Crippen LogP contribution in [0.4, 0.5) is 0 Å². The lowest BCUT2D eigenvalue weighted by Crippen LogP contribution is -2.44. The lowest BCUT2D eigenvalue weighted by molar-refractivity contribution is 0.272. The van der Waals surface area contributed by atoms with E-state index >= 15 is 0 Å². The van der Waals surface area contributed by atoms with Gasteiger partial charge in [-0.05, 0) is 31.4 Å². The molecule has 1 aliphatic carbocycles. The lowest BCUT2D eigenvalue weighted by Gasteiger charge is -2.44. The Morgan fingerprint density at radius 1 is 1.17 bits per heavy atom. The normalized spacial score (nSPS) is 36.1. The number of benzene rings is 1. The average Bonchev–Trinajstić information content (AvgIpc) is 2.95. The summed E-state index contributed by atoms with van der Waals surface area (Å²) in [6, 6.07) is 8.98. The third kappa shape index (κ3) is 0.959. The summed E-state index contributed by atoms with van der Waals surface area (Å²) < 4.78 is 0. The first-order valence-electron chi connectivity index (χ1n) is 6.83. The van der Waals surface area contributed by atoms with Crippen LogP contribution >= 0.6 is 0 Å². The first-order valence-corrected chi connectivity index (χ1v) is 6.83. The highest BCUT2D eigenvalue weighted by molar-refractivity contribution is 5.79. The maximum atomic E-state index is 2.63. The molecule has 1 aromatic carbocycles. The summed E-state index contributed by atoms with van der Waals surface area (Å²) in [6.45, 7) is 8.15. The first-order chi connectivity index (χ1) is 8.58. The smallest absolute Gasteiger partial charge is 0.0482 e. The minimum Gasteiger partial charge on any atom is -0.361 e. The quantitative estimate of drug-likeness (QED) is 0.664. The van der Waals surface area contributed by atoms with E-state index in [4.69, 9.17) is 0 Å². The van der Waals surface area contributed by atoms with Crippen molar-refractivity contribution in [3.8, 4) is 0 Å². The molecule has 1 aromatic rings. The molecule has 2 aliphatic heterocycles.